The second-order valence-corrected chi connectivity index (χ2v) is 6.32. The van der Waals surface area contributed by atoms with E-state index >= 15 is 0 Å². The van der Waals surface area contributed by atoms with E-state index in [1.165, 1.54) is 6.92 Å². The number of aromatic nitrogens is 4. The van der Waals surface area contributed by atoms with Gasteiger partial charge in [0.15, 0.2) is 5.82 Å². The second kappa shape index (κ2) is 6.52. The number of aryl methyl sites for hydroxylation is 1. The summed E-state index contributed by atoms with van der Waals surface area (Å²) in [7, 11) is 0. The van der Waals surface area contributed by atoms with Gasteiger partial charge in [-0.2, -0.15) is 10.1 Å². The van der Waals surface area contributed by atoms with Crippen LogP contribution in [0, 0.1) is 6.92 Å². The first-order chi connectivity index (χ1) is 10.8. The summed E-state index contributed by atoms with van der Waals surface area (Å²) in [5.74, 6) is 0.725. The molecule has 1 amide bonds. The fourth-order valence-corrected chi connectivity index (χ4v) is 2.67. The van der Waals surface area contributed by atoms with Crippen molar-refractivity contribution in [3.05, 3.63) is 17.6 Å². The van der Waals surface area contributed by atoms with Crippen molar-refractivity contribution in [3.63, 3.8) is 0 Å². The Morgan fingerprint density at radius 3 is 2.61 bits per heavy atom. The second-order valence-electron chi connectivity index (χ2n) is 6.32. The van der Waals surface area contributed by atoms with Crippen LogP contribution in [-0.4, -0.2) is 25.8 Å². The molecule has 0 bridgehead atoms. The third kappa shape index (κ3) is 3.60. The molecule has 2 aromatic rings. The monoisotopic (exact) mass is 319 g/mol. The molecule has 7 heteroatoms. The van der Waals surface area contributed by atoms with Gasteiger partial charge in [0.25, 0.3) is 5.89 Å². The molecule has 0 atom stereocenters. The van der Waals surface area contributed by atoms with E-state index in [9.17, 15) is 4.79 Å². The molecular weight excluding hydrogens is 294 g/mol. The van der Waals surface area contributed by atoms with E-state index in [-0.39, 0.29) is 11.9 Å². The third-order valence-corrected chi connectivity index (χ3v) is 3.84. The number of carbonyl (C=O) groups is 1. The first-order valence-electron chi connectivity index (χ1n) is 7.98. The standard InChI is InChI=1S/C16H25N5O2/c1-7-12(8-2)21-13(9-10(3)19-21)14-17-15(20-23-14)16(5,6)18-11(4)22/h9,12H,7-8H2,1-6H3,(H,18,22). The van der Waals surface area contributed by atoms with Crippen LogP contribution in [0.2, 0.25) is 0 Å². The summed E-state index contributed by atoms with van der Waals surface area (Å²) in [5, 5.41) is 11.4. The van der Waals surface area contributed by atoms with Crippen molar-refractivity contribution in [1.29, 1.82) is 0 Å². The lowest BCUT2D eigenvalue weighted by Gasteiger charge is -2.20. The molecule has 0 unspecified atom stereocenters. The van der Waals surface area contributed by atoms with Gasteiger partial charge in [-0.1, -0.05) is 19.0 Å². The fraction of sp³-hybridized carbons (Fsp3) is 0.625. The summed E-state index contributed by atoms with van der Waals surface area (Å²) in [6.45, 7) is 11.4. The van der Waals surface area contributed by atoms with Crippen molar-refractivity contribution in [3.8, 4) is 11.6 Å². The van der Waals surface area contributed by atoms with Gasteiger partial charge < -0.3 is 9.84 Å². The molecule has 2 aromatic heterocycles. The molecule has 0 fully saturated rings. The molecule has 7 nitrogen and oxygen atoms in total. The Hall–Kier alpha value is -2.18. The molecule has 1 N–H and O–H groups in total. The van der Waals surface area contributed by atoms with Crippen LogP contribution in [0.25, 0.3) is 11.6 Å². The smallest absolute Gasteiger partial charge is 0.276 e. The van der Waals surface area contributed by atoms with E-state index in [1.54, 1.807) is 0 Å². The SMILES string of the molecule is CCC(CC)n1nc(C)cc1-c1nc(C(C)(C)NC(C)=O)no1. The van der Waals surface area contributed by atoms with Crippen molar-refractivity contribution in [2.45, 2.75) is 66.0 Å². The predicted octanol–water partition coefficient (Wildman–Crippen LogP) is 2.97. The third-order valence-electron chi connectivity index (χ3n) is 3.84. The van der Waals surface area contributed by atoms with Crippen LogP contribution in [-0.2, 0) is 10.3 Å². The Kier molecular flexibility index (Phi) is 4.87. The maximum atomic E-state index is 11.3. The van der Waals surface area contributed by atoms with Crippen LogP contribution in [0.1, 0.15) is 65.0 Å². The van der Waals surface area contributed by atoms with Crippen LogP contribution < -0.4 is 5.32 Å². The number of nitrogens with one attached hydrogen (secondary N) is 1. The topological polar surface area (TPSA) is 85.8 Å². The lowest BCUT2D eigenvalue weighted by Crippen LogP contribution is -2.40. The Bertz CT molecular complexity index is 682. The molecule has 0 radical (unpaired) electrons. The van der Waals surface area contributed by atoms with E-state index in [0.29, 0.717) is 11.7 Å². The highest BCUT2D eigenvalue weighted by Gasteiger charge is 2.29. The Morgan fingerprint density at radius 2 is 2.04 bits per heavy atom. The van der Waals surface area contributed by atoms with E-state index in [4.69, 9.17) is 4.52 Å². The minimum absolute atomic E-state index is 0.140. The van der Waals surface area contributed by atoms with Crippen LogP contribution in [0.15, 0.2) is 10.6 Å². The lowest BCUT2D eigenvalue weighted by molar-refractivity contribution is -0.120. The highest BCUT2D eigenvalue weighted by molar-refractivity contribution is 5.73. The average molecular weight is 319 g/mol. The minimum atomic E-state index is -0.692. The van der Waals surface area contributed by atoms with E-state index in [2.05, 4.69) is 34.4 Å². The van der Waals surface area contributed by atoms with Gasteiger partial charge >= 0.3 is 0 Å². The fourth-order valence-electron chi connectivity index (χ4n) is 2.67. The zero-order valence-corrected chi connectivity index (χ0v) is 14.7. The first-order valence-corrected chi connectivity index (χ1v) is 7.98. The van der Waals surface area contributed by atoms with E-state index in [0.717, 1.165) is 24.2 Å². The van der Waals surface area contributed by atoms with Crippen LogP contribution in [0.5, 0.6) is 0 Å². The molecule has 0 spiro atoms. The predicted molar refractivity (Wildman–Crippen MR) is 86.7 cm³/mol. The van der Waals surface area contributed by atoms with Gasteiger partial charge in [0, 0.05) is 6.92 Å². The Morgan fingerprint density at radius 1 is 1.39 bits per heavy atom. The highest BCUT2D eigenvalue weighted by Crippen LogP contribution is 2.27. The van der Waals surface area contributed by atoms with Gasteiger partial charge in [-0.05, 0) is 39.7 Å². The van der Waals surface area contributed by atoms with Gasteiger partial charge in [0.05, 0.1) is 17.3 Å². The van der Waals surface area contributed by atoms with Crippen LogP contribution in [0.3, 0.4) is 0 Å². The molecule has 0 aliphatic rings. The highest BCUT2D eigenvalue weighted by atomic mass is 16.5. The molecular formula is C16H25N5O2. The summed E-state index contributed by atoms with van der Waals surface area (Å²) in [5.41, 5.74) is 1.03. The number of hydrogen-bond acceptors (Lipinski definition) is 5. The molecule has 2 rings (SSSR count). The van der Waals surface area contributed by atoms with Gasteiger partial charge in [0.1, 0.15) is 5.69 Å². The molecule has 0 aliphatic carbocycles. The maximum absolute atomic E-state index is 11.3. The normalized spacial score (nSPS) is 12.0. The summed E-state index contributed by atoms with van der Waals surface area (Å²) >= 11 is 0. The van der Waals surface area contributed by atoms with Gasteiger partial charge in [-0.15, -0.1) is 0 Å². The minimum Gasteiger partial charge on any atom is -0.344 e. The van der Waals surface area contributed by atoms with Crippen molar-refractivity contribution in [2.75, 3.05) is 0 Å². The molecule has 0 aromatic carbocycles. The van der Waals surface area contributed by atoms with Crippen molar-refractivity contribution >= 4 is 5.91 Å². The quantitative estimate of drug-likeness (QED) is 0.884. The number of carbonyl (C=O) groups excluding carboxylic acids is 1. The van der Waals surface area contributed by atoms with Crippen LogP contribution in [0.4, 0.5) is 0 Å². The Labute approximate surface area is 136 Å². The van der Waals surface area contributed by atoms with Crippen molar-refractivity contribution in [1.82, 2.24) is 25.2 Å². The number of nitrogens with zero attached hydrogens (tertiary/aromatic N) is 4. The van der Waals surface area contributed by atoms with Crippen LogP contribution >= 0.6 is 0 Å². The molecule has 126 valence electrons. The Balaban J connectivity index is 2.40. The largest absolute Gasteiger partial charge is 0.344 e. The summed E-state index contributed by atoms with van der Waals surface area (Å²) in [6.07, 6.45) is 1.95. The number of amides is 1. The van der Waals surface area contributed by atoms with E-state index in [1.807, 2.05) is 31.5 Å². The summed E-state index contributed by atoms with van der Waals surface area (Å²) < 4.78 is 7.39. The summed E-state index contributed by atoms with van der Waals surface area (Å²) in [6, 6.07) is 2.23. The van der Waals surface area contributed by atoms with Crippen molar-refractivity contribution in [2.24, 2.45) is 0 Å². The maximum Gasteiger partial charge on any atom is 0.276 e. The molecule has 0 saturated heterocycles. The number of hydrogen-bond donors (Lipinski definition) is 1. The molecule has 0 aliphatic heterocycles. The first kappa shape index (κ1) is 17.2. The van der Waals surface area contributed by atoms with Crippen molar-refractivity contribution < 1.29 is 9.32 Å². The molecule has 2 heterocycles. The summed E-state index contributed by atoms with van der Waals surface area (Å²) in [4.78, 5) is 15.8. The zero-order valence-electron chi connectivity index (χ0n) is 14.7. The van der Waals surface area contributed by atoms with Gasteiger partial charge in [-0.3, -0.25) is 9.48 Å². The average Bonchev–Trinajstić information content (AvgIpc) is 3.06. The van der Waals surface area contributed by atoms with E-state index < -0.39 is 5.54 Å². The number of rotatable bonds is 6. The zero-order chi connectivity index (χ0) is 17.2. The van der Waals surface area contributed by atoms with Gasteiger partial charge in [-0.25, -0.2) is 0 Å². The molecule has 23 heavy (non-hydrogen) atoms. The molecule has 0 saturated carbocycles. The van der Waals surface area contributed by atoms with Gasteiger partial charge in [0.2, 0.25) is 5.91 Å². The lowest BCUT2D eigenvalue weighted by atomic mass is 10.1.